The van der Waals surface area contributed by atoms with Gasteiger partial charge in [0, 0.05) is 13.1 Å². The summed E-state index contributed by atoms with van der Waals surface area (Å²) in [6, 6.07) is 11.5. The van der Waals surface area contributed by atoms with Gasteiger partial charge >= 0.3 is 5.97 Å². The quantitative estimate of drug-likeness (QED) is 0.565. The van der Waals surface area contributed by atoms with Crippen LogP contribution in [0.5, 0.6) is 5.75 Å². The van der Waals surface area contributed by atoms with Crippen LogP contribution in [-0.4, -0.2) is 45.0 Å². The molecule has 0 aliphatic carbocycles. The summed E-state index contributed by atoms with van der Waals surface area (Å²) >= 11 is 0. The van der Waals surface area contributed by atoms with E-state index in [0.717, 1.165) is 5.56 Å². The van der Waals surface area contributed by atoms with Crippen molar-refractivity contribution in [2.75, 3.05) is 26.3 Å². The van der Waals surface area contributed by atoms with Crippen LogP contribution < -0.4 is 4.74 Å². The number of morpholine rings is 1. The van der Waals surface area contributed by atoms with Crippen LogP contribution >= 0.6 is 0 Å². The summed E-state index contributed by atoms with van der Waals surface area (Å²) in [6.07, 6.45) is 0. The summed E-state index contributed by atoms with van der Waals surface area (Å²) < 4.78 is 37.6. The van der Waals surface area contributed by atoms with Crippen molar-refractivity contribution in [2.24, 2.45) is 0 Å². The molecule has 0 unspecified atom stereocenters. The van der Waals surface area contributed by atoms with Crippen LogP contribution in [-0.2, 0) is 14.8 Å². The number of rotatable bonds is 5. The molecule has 2 aromatic carbocycles. The third-order valence-corrected chi connectivity index (χ3v) is 6.65. The number of aryl methyl sites for hydroxylation is 1. The van der Waals surface area contributed by atoms with Gasteiger partial charge in [-0.05, 0) is 54.3 Å². The second-order valence-corrected chi connectivity index (χ2v) is 9.04. The first-order valence-corrected chi connectivity index (χ1v) is 10.7. The number of benzene rings is 2. The molecule has 0 bridgehead atoms. The third-order valence-electron chi connectivity index (χ3n) is 4.75. The lowest BCUT2D eigenvalue weighted by atomic mass is 9.98. The van der Waals surface area contributed by atoms with Crippen molar-refractivity contribution < 1.29 is 22.7 Å². The summed E-state index contributed by atoms with van der Waals surface area (Å²) in [5.41, 5.74) is 2.43. The minimum atomic E-state index is -3.67. The molecule has 1 heterocycles. The SMILES string of the molecule is Cc1cc(OC(=O)c2cccc(S(=O)(=O)N3CCOCC3)c2)ccc1C(C)C. The van der Waals surface area contributed by atoms with E-state index in [9.17, 15) is 13.2 Å². The Hall–Kier alpha value is -2.22. The number of esters is 1. The lowest BCUT2D eigenvalue weighted by molar-refractivity contribution is 0.0727. The van der Waals surface area contributed by atoms with Crippen molar-refractivity contribution >= 4 is 16.0 Å². The van der Waals surface area contributed by atoms with Gasteiger partial charge in [-0.25, -0.2) is 13.2 Å². The van der Waals surface area contributed by atoms with Crippen LogP contribution in [0.4, 0.5) is 0 Å². The molecule has 1 aliphatic rings. The van der Waals surface area contributed by atoms with Crippen molar-refractivity contribution in [3.05, 3.63) is 59.2 Å². The zero-order valence-corrected chi connectivity index (χ0v) is 17.2. The number of hydrogen-bond acceptors (Lipinski definition) is 5. The second kappa shape index (κ2) is 8.43. The lowest BCUT2D eigenvalue weighted by Crippen LogP contribution is -2.40. The highest BCUT2D eigenvalue weighted by molar-refractivity contribution is 7.89. The lowest BCUT2D eigenvalue weighted by Gasteiger charge is -2.26. The number of nitrogens with zero attached hydrogens (tertiary/aromatic N) is 1. The molecule has 0 amide bonds. The Morgan fingerprint density at radius 3 is 2.46 bits per heavy atom. The van der Waals surface area contributed by atoms with E-state index in [0.29, 0.717) is 38.0 Å². The average Bonchev–Trinajstić information content (AvgIpc) is 2.68. The zero-order valence-electron chi connectivity index (χ0n) is 16.3. The van der Waals surface area contributed by atoms with E-state index in [1.54, 1.807) is 18.2 Å². The molecule has 1 saturated heterocycles. The van der Waals surface area contributed by atoms with Gasteiger partial charge < -0.3 is 9.47 Å². The highest BCUT2D eigenvalue weighted by atomic mass is 32.2. The van der Waals surface area contributed by atoms with Gasteiger partial charge in [-0.15, -0.1) is 0 Å². The number of carbonyl (C=O) groups is 1. The molecule has 2 aromatic rings. The van der Waals surface area contributed by atoms with E-state index in [2.05, 4.69) is 13.8 Å². The average molecular weight is 404 g/mol. The number of carbonyl (C=O) groups excluding carboxylic acids is 1. The van der Waals surface area contributed by atoms with Crippen molar-refractivity contribution in [3.63, 3.8) is 0 Å². The fourth-order valence-corrected chi connectivity index (χ4v) is 4.70. The van der Waals surface area contributed by atoms with Gasteiger partial charge in [0.1, 0.15) is 5.75 Å². The molecule has 7 heteroatoms. The molecule has 6 nitrogen and oxygen atoms in total. The van der Waals surface area contributed by atoms with Gasteiger partial charge in [0.25, 0.3) is 0 Å². The van der Waals surface area contributed by atoms with E-state index in [1.807, 2.05) is 19.1 Å². The first-order chi connectivity index (χ1) is 13.3. The Morgan fingerprint density at radius 2 is 1.82 bits per heavy atom. The first kappa shape index (κ1) is 20.5. The topological polar surface area (TPSA) is 72.9 Å². The standard InChI is InChI=1S/C21H25NO5S/c1-15(2)20-8-7-18(13-16(20)3)27-21(23)17-5-4-6-19(14-17)28(24,25)22-9-11-26-12-10-22/h4-8,13-15H,9-12H2,1-3H3. The number of sulfonamides is 1. The second-order valence-electron chi connectivity index (χ2n) is 7.11. The molecular formula is C21H25NO5S. The maximum Gasteiger partial charge on any atom is 0.343 e. The summed E-state index contributed by atoms with van der Waals surface area (Å²) in [6.45, 7) is 7.53. The van der Waals surface area contributed by atoms with Crippen LogP contribution in [0.1, 0.15) is 41.3 Å². The van der Waals surface area contributed by atoms with Gasteiger partial charge in [-0.3, -0.25) is 0 Å². The van der Waals surface area contributed by atoms with E-state index in [1.165, 1.54) is 22.0 Å². The van der Waals surface area contributed by atoms with E-state index >= 15 is 0 Å². The Balaban J connectivity index is 1.80. The minimum Gasteiger partial charge on any atom is -0.423 e. The Labute approximate surface area is 166 Å². The fourth-order valence-electron chi connectivity index (χ4n) is 3.24. The maximum absolute atomic E-state index is 12.8. The van der Waals surface area contributed by atoms with Crippen LogP contribution in [0, 0.1) is 6.92 Å². The summed E-state index contributed by atoms with van der Waals surface area (Å²) in [5.74, 6) is 0.232. The summed E-state index contributed by atoms with van der Waals surface area (Å²) in [4.78, 5) is 12.6. The predicted octanol–water partition coefficient (Wildman–Crippen LogP) is 3.36. The van der Waals surface area contributed by atoms with Crippen LogP contribution in [0.3, 0.4) is 0 Å². The smallest absolute Gasteiger partial charge is 0.343 e. The Morgan fingerprint density at radius 1 is 1.11 bits per heavy atom. The van der Waals surface area contributed by atoms with Crippen LogP contribution in [0.2, 0.25) is 0 Å². The molecule has 0 atom stereocenters. The molecule has 0 N–H and O–H groups in total. The molecular weight excluding hydrogens is 378 g/mol. The fraction of sp³-hybridized carbons (Fsp3) is 0.381. The maximum atomic E-state index is 12.8. The van der Waals surface area contributed by atoms with E-state index < -0.39 is 16.0 Å². The summed E-state index contributed by atoms with van der Waals surface area (Å²) in [5, 5.41) is 0. The molecule has 3 rings (SSSR count). The molecule has 150 valence electrons. The van der Waals surface area contributed by atoms with Crippen molar-refractivity contribution in [1.82, 2.24) is 4.31 Å². The van der Waals surface area contributed by atoms with Gasteiger partial charge in [-0.2, -0.15) is 4.31 Å². The largest absolute Gasteiger partial charge is 0.423 e. The third kappa shape index (κ3) is 4.43. The van der Waals surface area contributed by atoms with Crippen molar-refractivity contribution in [2.45, 2.75) is 31.6 Å². The Kier molecular flexibility index (Phi) is 6.17. The van der Waals surface area contributed by atoms with Gasteiger partial charge in [0.2, 0.25) is 10.0 Å². The normalized spacial score (nSPS) is 15.6. The molecule has 0 saturated carbocycles. The van der Waals surface area contributed by atoms with Crippen molar-refractivity contribution in [3.8, 4) is 5.75 Å². The zero-order chi connectivity index (χ0) is 20.3. The number of hydrogen-bond donors (Lipinski definition) is 0. The van der Waals surface area contributed by atoms with E-state index in [-0.39, 0.29) is 10.5 Å². The van der Waals surface area contributed by atoms with E-state index in [4.69, 9.17) is 9.47 Å². The molecule has 28 heavy (non-hydrogen) atoms. The molecule has 1 aliphatic heterocycles. The monoisotopic (exact) mass is 403 g/mol. The highest BCUT2D eigenvalue weighted by Crippen LogP contribution is 2.25. The molecule has 0 radical (unpaired) electrons. The molecule has 0 spiro atoms. The predicted molar refractivity (Wildman–Crippen MR) is 106 cm³/mol. The highest BCUT2D eigenvalue weighted by Gasteiger charge is 2.27. The molecule has 0 aromatic heterocycles. The van der Waals surface area contributed by atoms with Gasteiger partial charge in [0.15, 0.2) is 0 Å². The van der Waals surface area contributed by atoms with Gasteiger partial charge in [-0.1, -0.05) is 26.0 Å². The van der Waals surface area contributed by atoms with Crippen LogP contribution in [0.25, 0.3) is 0 Å². The molecule has 1 fully saturated rings. The minimum absolute atomic E-state index is 0.0789. The first-order valence-electron chi connectivity index (χ1n) is 9.29. The van der Waals surface area contributed by atoms with Gasteiger partial charge in [0.05, 0.1) is 23.7 Å². The Bertz CT molecular complexity index is 963. The van der Waals surface area contributed by atoms with Crippen LogP contribution in [0.15, 0.2) is 47.4 Å². The summed E-state index contributed by atoms with van der Waals surface area (Å²) in [7, 11) is -3.67. The van der Waals surface area contributed by atoms with Crippen molar-refractivity contribution in [1.29, 1.82) is 0 Å². The number of ether oxygens (including phenoxy) is 2.